The monoisotopic (exact) mass is 270 g/mol. The minimum Gasteiger partial charge on any atom is -0.356 e. The van der Waals surface area contributed by atoms with E-state index >= 15 is 0 Å². The molecule has 0 aliphatic carbocycles. The molecule has 0 aliphatic heterocycles. The van der Waals surface area contributed by atoms with E-state index in [9.17, 15) is 14.9 Å². The number of hydrogen-bond acceptors (Lipinski definition) is 3. The Morgan fingerprint density at radius 1 is 1.44 bits per heavy atom. The van der Waals surface area contributed by atoms with Crippen LogP contribution in [0.4, 0.5) is 5.69 Å². The number of nitrogens with one attached hydrogen (secondary N) is 1. The van der Waals surface area contributed by atoms with E-state index < -0.39 is 4.92 Å². The molecular weight excluding hydrogens is 256 g/mol. The maximum Gasteiger partial charge on any atom is 0.269 e. The minimum absolute atomic E-state index is 0.0681. The molecule has 0 spiro atoms. The summed E-state index contributed by atoms with van der Waals surface area (Å²) in [5, 5.41) is 13.2. The molecule has 1 amide bonds. The van der Waals surface area contributed by atoms with Crippen LogP contribution in [0, 0.1) is 16.0 Å². The van der Waals surface area contributed by atoms with Gasteiger partial charge in [0, 0.05) is 30.5 Å². The summed E-state index contributed by atoms with van der Waals surface area (Å²) in [6.45, 7) is 2.26. The molecule has 5 nitrogen and oxygen atoms in total. The predicted octanol–water partition coefficient (Wildman–Crippen LogP) is 2.13. The van der Waals surface area contributed by atoms with Gasteiger partial charge in [0.05, 0.1) is 4.92 Å². The zero-order valence-electron chi connectivity index (χ0n) is 10.1. The van der Waals surface area contributed by atoms with Gasteiger partial charge >= 0.3 is 0 Å². The fourth-order valence-electron chi connectivity index (χ4n) is 1.36. The molecule has 0 aromatic heterocycles. The predicted molar refractivity (Wildman–Crippen MR) is 69.7 cm³/mol. The molecule has 0 bridgehead atoms. The van der Waals surface area contributed by atoms with Gasteiger partial charge in [-0.3, -0.25) is 14.9 Å². The van der Waals surface area contributed by atoms with Crippen molar-refractivity contribution in [1.82, 2.24) is 5.32 Å². The van der Waals surface area contributed by atoms with Crippen LogP contribution in [0.1, 0.15) is 12.5 Å². The van der Waals surface area contributed by atoms with E-state index in [4.69, 9.17) is 11.6 Å². The normalized spacial score (nSPS) is 11.9. The van der Waals surface area contributed by atoms with Gasteiger partial charge in [-0.25, -0.2) is 0 Å². The number of benzene rings is 1. The van der Waals surface area contributed by atoms with E-state index in [0.29, 0.717) is 18.8 Å². The second-order valence-corrected chi connectivity index (χ2v) is 4.33. The zero-order valence-corrected chi connectivity index (χ0v) is 10.8. The van der Waals surface area contributed by atoms with E-state index in [-0.39, 0.29) is 17.5 Å². The highest BCUT2D eigenvalue weighted by atomic mass is 35.5. The number of carbonyl (C=O) groups excluding carboxylic acids is 1. The summed E-state index contributed by atoms with van der Waals surface area (Å²) < 4.78 is 0. The van der Waals surface area contributed by atoms with Crippen molar-refractivity contribution in [1.29, 1.82) is 0 Å². The molecule has 0 aliphatic rings. The van der Waals surface area contributed by atoms with Gasteiger partial charge in [-0.1, -0.05) is 19.1 Å². The van der Waals surface area contributed by atoms with Crippen molar-refractivity contribution < 1.29 is 9.72 Å². The first kappa shape index (κ1) is 14.4. The molecule has 0 saturated carbocycles. The molecule has 0 heterocycles. The maximum atomic E-state index is 11.4. The SMILES string of the molecule is CC(CCl)C(=O)NCCc1ccc([N+](=O)[O-])cc1. The molecule has 1 aromatic rings. The van der Waals surface area contributed by atoms with Crippen molar-refractivity contribution >= 4 is 23.2 Å². The lowest BCUT2D eigenvalue weighted by atomic mass is 10.1. The van der Waals surface area contributed by atoms with E-state index in [2.05, 4.69) is 5.32 Å². The molecule has 0 fully saturated rings. The van der Waals surface area contributed by atoms with Crippen LogP contribution in [0.5, 0.6) is 0 Å². The molecular formula is C12H15ClN2O3. The van der Waals surface area contributed by atoms with Gasteiger partial charge in [-0.05, 0) is 12.0 Å². The van der Waals surface area contributed by atoms with Gasteiger partial charge in [0.25, 0.3) is 5.69 Å². The van der Waals surface area contributed by atoms with E-state index in [1.807, 2.05) is 0 Å². The Labute approximate surface area is 110 Å². The summed E-state index contributed by atoms with van der Waals surface area (Å²) in [6, 6.07) is 6.29. The van der Waals surface area contributed by atoms with Crippen molar-refractivity contribution in [3.8, 4) is 0 Å². The largest absolute Gasteiger partial charge is 0.356 e. The van der Waals surface area contributed by atoms with Crippen LogP contribution in [0.25, 0.3) is 0 Å². The Kier molecular flexibility index (Phi) is 5.58. The van der Waals surface area contributed by atoms with E-state index in [0.717, 1.165) is 5.56 Å². The summed E-state index contributed by atoms with van der Waals surface area (Å²) in [6.07, 6.45) is 0.638. The van der Waals surface area contributed by atoms with Gasteiger partial charge in [0.15, 0.2) is 0 Å². The van der Waals surface area contributed by atoms with Crippen LogP contribution in [-0.4, -0.2) is 23.3 Å². The minimum atomic E-state index is -0.437. The van der Waals surface area contributed by atoms with Crippen molar-refractivity contribution in [3.05, 3.63) is 39.9 Å². The summed E-state index contributed by atoms with van der Waals surface area (Å²) in [7, 11) is 0. The number of nitro benzene ring substituents is 1. The average molecular weight is 271 g/mol. The quantitative estimate of drug-likeness (QED) is 0.489. The first-order chi connectivity index (χ1) is 8.54. The lowest BCUT2D eigenvalue weighted by molar-refractivity contribution is -0.384. The van der Waals surface area contributed by atoms with Gasteiger partial charge in [-0.2, -0.15) is 0 Å². The van der Waals surface area contributed by atoms with Crippen molar-refractivity contribution in [2.75, 3.05) is 12.4 Å². The Hall–Kier alpha value is -1.62. The first-order valence-electron chi connectivity index (χ1n) is 5.61. The Morgan fingerprint density at radius 3 is 2.56 bits per heavy atom. The highest BCUT2D eigenvalue weighted by Crippen LogP contribution is 2.11. The topological polar surface area (TPSA) is 72.2 Å². The molecule has 98 valence electrons. The second-order valence-electron chi connectivity index (χ2n) is 4.02. The number of nitro groups is 1. The average Bonchev–Trinajstić information content (AvgIpc) is 2.38. The summed E-state index contributed by atoms with van der Waals surface area (Å²) in [4.78, 5) is 21.4. The molecule has 1 rings (SSSR count). The highest BCUT2D eigenvalue weighted by molar-refractivity contribution is 6.19. The van der Waals surface area contributed by atoms with Crippen molar-refractivity contribution in [2.45, 2.75) is 13.3 Å². The van der Waals surface area contributed by atoms with Gasteiger partial charge < -0.3 is 5.32 Å². The van der Waals surface area contributed by atoms with Crippen LogP contribution in [-0.2, 0) is 11.2 Å². The third-order valence-corrected chi connectivity index (χ3v) is 3.00. The molecule has 18 heavy (non-hydrogen) atoms. The summed E-state index contributed by atoms with van der Waals surface area (Å²) in [5.74, 6) is 0.0130. The van der Waals surface area contributed by atoms with Crippen LogP contribution in [0.15, 0.2) is 24.3 Å². The second kappa shape index (κ2) is 6.96. The van der Waals surface area contributed by atoms with Crippen LogP contribution < -0.4 is 5.32 Å². The number of amides is 1. The van der Waals surface area contributed by atoms with Crippen molar-refractivity contribution in [2.24, 2.45) is 5.92 Å². The van der Waals surface area contributed by atoms with Crippen LogP contribution >= 0.6 is 11.6 Å². The number of alkyl halides is 1. The van der Waals surface area contributed by atoms with E-state index in [1.165, 1.54) is 12.1 Å². The third kappa shape index (κ3) is 4.33. The van der Waals surface area contributed by atoms with Crippen molar-refractivity contribution in [3.63, 3.8) is 0 Å². The molecule has 6 heteroatoms. The molecule has 1 unspecified atom stereocenters. The standard InChI is InChI=1S/C12H15ClN2O3/c1-9(8-13)12(16)14-7-6-10-2-4-11(5-3-10)15(17)18/h2-5,9H,6-8H2,1H3,(H,14,16). The van der Waals surface area contributed by atoms with Gasteiger partial charge in [0.2, 0.25) is 5.91 Å². The van der Waals surface area contributed by atoms with Gasteiger partial charge in [-0.15, -0.1) is 11.6 Å². The van der Waals surface area contributed by atoms with Crippen LogP contribution in [0.2, 0.25) is 0 Å². The highest BCUT2D eigenvalue weighted by Gasteiger charge is 2.10. The molecule has 1 atom stereocenters. The first-order valence-corrected chi connectivity index (χ1v) is 6.15. The zero-order chi connectivity index (χ0) is 13.5. The molecule has 1 aromatic carbocycles. The van der Waals surface area contributed by atoms with E-state index in [1.54, 1.807) is 19.1 Å². The van der Waals surface area contributed by atoms with Gasteiger partial charge in [0.1, 0.15) is 0 Å². The lowest BCUT2D eigenvalue weighted by Gasteiger charge is -2.08. The Morgan fingerprint density at radius 2 is 2.06 bits per heavy atom. The smallest absolute Gasteiger partial charge is 0.269 e. The number of rotatable bonds is 6. The van der Waals surface area contributed by atoms with Crippen LogP contribution in [0.3, 0.4) is 0 Å². The third-order valence-electron chi connectivity index (χ3n) is 2.54. The number of carbonyl (C=O) groups is 1. The molecule has 0 radical (unpaired) electrons. The summed E-state index contributed by atoms with van der Waals surface area (Å²) in [5.41, 5.74) is 1.01. The number of non-ortho nitro benzene ring substituents is 1. The Bertz CT molecular complexity index is 420. The number of nitrogens with zero attached hydrogens (tertiary/aromatic N) is 1. The fourth-order valence-corrected chi connectivity index (χ4v) is 1.50. The number of halogens is 1. The maximum absolute atomic E-state index is 11.4. The fraction of sp³-hybridized carbons (Fsp3) is 0.417. The summed E-state index contributed by atoms with van der Waals surface area (Å²) >= 11 is 5.57. The molecule has 1 N–H and O–H groups in total. The lowest BCUT2D eigenvalue weighted by Crippen LogP contribution is -2.31. The number of hydrogen-bond donors (Lipinski definition) is 1. The molecule has 0 saturated heterocycles. The Balaban J connectivity index is 2.40.